The van der Waals surface area contributed by atoms with Gasteiger partial charge in [0.05, 0.1) is 16.9 Å². The van der Waals surface area contributed by atoms with Crippen molar-refractivity contribution in [1.29, 1.82) is 0 Å². The molecule has 230 valence electrons. The first-order valence-corrected chi connectivity index (χ1v) is 15.5. The van der Waals surface area contributed by atoms with Gasteiger partial charge in [0.2, 0.25) is 0 Å². The Hall–Kier alpha value is -3.53. The fourth-order valence-electron chi connectivity index (χ4n) is 7.76. The molecule has 8 nitrogen and oxygen atoms in total. The summed E-state index contributed by atoms with van der Waals surface area (Å²) < 4.78 is 28.5. The molecule has 1 aromatic heterocycles. The fraction of sp³-hybridized carbons (Fsp3) is 0.545. The number of fused-ring (bicyclic) bond motifs is 3. The molecule has 0 unspecified atom stereocenters. The summed E-state index contributed by atoms with van der Waals surface area (Å²) in [5, 5.41) is 7.51. The summed E-state index contributed by atoms with van der Waals surface area (Å²) in [5.41, 5.74) is 0.739. The van der Waals surface area contributed by atoms with Crippen LogP contribution in [0.4, 0.5) is 14.5 Å². The summed E-state index contributed by atoms with van der Waals surface area (Å²) in [5.74, 6) is 1.31. The van der Waals surface area contributed by atoms with E-state index in [-0.39, 0.29) is 24.6 Å². The lowest BCUT2D eigenvalue weighted by Gasteiger charge is -2.61. The summed E-state index contributed by atoms with van der Waals surface area (Å²) in [6.07, 6.45) is 2.46. The van der Waals surface area contributed by atoms with Gasteiger partial charge in [-0.15, -0.1) is 0 Å². The zero-order valence-electron chi connectivity index (χ0n) is 25.6. The van der Waals surface area contributed by atoms with E-state index in [1.807, 2.05) is 6.07 Å². The second kappa shape index (κ2) is 11.2. The van der Waals surface area contributed by atoms with E-state index in [0.29, 0.717) is 46.2 Å². The van der Waals surface area contributed by atoms with E-state index in [1.165, 1.54) is 12.5 Å². The van der Waals surface area contributed by atoms with Crippen molar-refractivity contribution in [2.75, 3.05) is 18.4 Å². The van der Waals surface area contributed by atoms with Crippen LogP contribution in [0.5, 0.6) is 0 Å². The number of nitrogens with one attached hydrogen (secondary N) is 3. The number of halogens is 2. The van der Waals surface area contributed by atoms with Crippen LogP contribution in [0.3, 0.4) is 0 Å². The molecule has 4 aliphatic rings. The molecular weight excluding hydrogens is 550 g/mol. The minimum Gasteiger partial charge on any atom is -0.340 e. The molecule has 43 heavy (non-hydrogen) atoms. The van der Waals surface area contributed by atoms with Crippen molar-refractivity contribution in [3.63, 3.8) is 0 Å². The number of aromatic amines is 1. The Kier molecular flexibility index (Phi) is 7.69. The molecule has 3 saturated carbocycles. The normalized spacial score (nSPS) is 28.5. The van der Waals surface area contributed by atoms with Crippen LogP contribution in [0.1, 0.15) is 53.0 Å². The zero-order chi connectivity index (χ0) is 30.6. The van der Waals surface area contributed by atoms with Crippen molar-refractivity contribution in [2.24, 2.45) is 28.2 Å². The number of hydrogen-bond donors (Lipinski definition) is 3. The van der Waals surface area contributed by atoms with Crippen LogP contribution >= 0.6 is 0 Å². The molecule has 2 bridgehead atoms. The number of hydrogen-bond acceptors (Lipinski definition) is 4. The molecule has 0 radical (unpaired) electrons. The molecule has 1 saturated heterocycles. The molecule has 3 N–H and O–H groups in total. The third kappa shape index (κ3) is 5.61. The molecule has 0 spiro atoms. The number of H-pyrrole nitrogens is 1. The Labute approximate surface area is 250 Å². The Bertz CT molecular complexity index is 1670. The number of aryl methyl sites for hydroxylation is 1. The number of benzene rings is 2. The lowest BCUT2D eigenvalue weighted by molar-refractivity contribution is -0.108. The predicted octanol–water partition coefficient (Wildman–Crippen LogP) is 4.73. The van der Waals surface area contributed by atoms with Crippen LogP contribution in [-0.4, -0.2) is 51.6 Å². The van der Waals surface area contributed by atoms with Crippen molar-refractivity contribution in [1.82, 2.24) is 19.8 Å². The Morgan fingerprint density at radius 2 is 1.79 bits per heavy atom. The van der Waals surface area contributed by atoms with Gasteiger partial charge in [-0.05, 0) is 86.1 Å². The minimum absolute atomic E-state index is 0.0266. The number of aromatic nitrogens is 2. The van der Waals surface area contributed by atoms with Gasteiger partial charge in [0.1, 0.15) is 11.6 Å². The van der Waals surface area contributed by atoms with E-state index < -0.39 is 22.9 Å². The molecule has 6 atom stereocenters. The van der Waals surface area contributed by atoms with Crippen LogP contribution < -0.4 is 21.9 Å². The molecule has 3 aliphatic carbocycles. The summed E-state index contributed by atoms with van der Waals surface area (Å²) in [4.78, 5) is 36.7. The summed E-state index contributed by atoms with van der Waals surface area (Å²) in [7, 11) is 0. The van der Waals surface area contributed by atoms with E-state index in [4.69, 9.17) is 4.99 Å². The van der Waals surface area contributed by atoms with Crippen LogP contribution in [0.2, 0.25) is 0 Å². The summed E-state index contributed by atoms with van der Waals surface area (Å²) in [6, 6.07) is 9.46. The molecule has 1 aliphatic heterocycles. The Balaban J connectivity index is 1.28. The third-order valence-electron chi connectivity index (χ3n) is 10.3. The maximum Gasteiger partial charge on any atom is 0.328 e. The molecule has 10 heteroatoms. The van der Waals surface area contributed by atoms with Crippen molar-refractivity contribution in [2.45, 2.75) is 78.6 Å². The topological polar surface area (TPSA) is 94.5 Å². The average Bonchev–Trinajstić information content (AvgIpc) is 2.93. The van der Waals surface area contributed by atoms with E-state index >= 15 is 0 Å². The van der Waals surface area contributed by atoms with Gasteiger partial charge in [0, 0.05) is 43.5 Å². The SMILES string of the molecule is C[C@@H]1[C@@H](N=C(Nc2ccc3c(=O)n(CCc4ccc(F)cc4F)c(=O)[nH]c3c2)N2C[C@@H](C)N[C@@H](C)C2)C[C@H]2C[C@@H]1C2(C)C. The lowest BCUT2D eigenvalue weighted by Crippen LogP contribution is -2.59. The molecule has 7 rings (SSSR count). The van der Waals surface area contributed by atoms with Crippen molar-refractivity contribution in [3.05, 3.63) is 74.4 Å². The smallest absolute Gasteiger partial charge is 0.328 e. The number of aliphatic imine (C=N–C) groups is 1. The number of piperazine rings is 1. The minimum atomic E-state index is -0.699. The largest absolute Gasteiger partial charge is 0.340 e. The quantitative estimate of drug-likeness (QED) is 0.294. The van der Waals surface area contributed by atoms with Crippen LogP contribution in [0.15, 0.2) is 51.0 Å². The first kappa shape index (κ1) is 29.5. The van der Waals surface area contributed by atoms with Gasteiger partial charge >= 0.3 is 5.69 Å². The van der Waals surface area contributed by atoms with Gasteiger partial charge in [0.15, 0.2) is 5.96 Å². The van der Waals surface area contributed by atoms with Crippen molar-refractivity contribution in [3.8, 4) is 0 Å². The number of anilines is 1. The first-order valence-electron chi connectivity index (χ1n) is 15.5. The standard InChI is InChI=1S/C33H42F2N6O2/c1-18-16-40(17-19(2)36-18)31(38-28-13-22-12-26(20(28)3)33(22,4)5)37-24-8-9-25-29(15-24)39-32(43)41(30(25)42)11-10-21-6-7-23(34)14-27(21)35/h6-9,14-15,18-20,22,26,28,36H,10-13,16-17H2,1-5H3,(H,37,38)(H,39,43)/t18-,19+,20-,22+,26-,28-/m0/s1. The van der Waals surface area contributed by atoms with E-state index in [1.54, 1.807) is 12.1 Å². The summed E-state index contributed by atoms with van der Waals surface area (Å²) in [6.45, 7) is 13.1. The maximum atomic E-state index is 14.1. The van der Waals surface area contributed by atoms with Crippen LogP contribution in [0.25, 0.3) is 10.9 Å². The first-order chi connectivity index (χ1) is 20.4. The van der Waals surface area contributed by atoms with Crippen molar-refractivity contribution < 1.29 is 8.78 Å². The third-order valence-corrected chi connectivity index (χ3v) is 10.3. The molecule has 4 fully saturated rings. The second-order valence-corrected chi connectivity index (χ2v) is 13.6. The van der Waals surface area contributed by atoms with Crippen molar-refractivity contribution >= 4 is 22.5 Å². The van der Waals surface area contributed by atoms with Crippen LogP contribution in [0, 0.1) is 34.8 Å². The highest BCUT2D eigenvalue weighted by Crippen LogP contribution is 2.61. The number of nitrogens with zero attached hydrogens (tertiary/aromatic N) is 3. The van der Waals surface area contributed by atoms with E-state index in [0.717, 1.165) is 47.9 Å². The van der Waals surface area contributed by atoms with Gasteiger partial charge < -0.3 is 20.5 Å². The number of rotatable bonds is 5. The average molecular weight is 593 g/mol. The van der Waals surface area contributed by atoms with Gasteiger partial charge in [0.25, 0.3) is 5.56 Å². The highest BCUT2D eigenvalue weighted by Gasteiger charge is 2.56. The van der Waals surface area contributed by atoms with Crippen LogP contribution in [-0.2, 0) is 13.0 Å². The number of guanidine groups is 1. The second-order valence-electron chi connectivity index (χ2n) is 13.6. The van der Waals surface area contributed by atoms with Gasteiger partial charge in [-0.2, -0.15) is 0 Å². The Morgan fingerprint density at radius 1 is 1.05 bits per heavy atom. The van der Waals surface area contributed by atoms with Gasteiger partial charge in [-0.1, -0.05) is 26.8 Å². The highest BCUT2D eigenvalue weighted by molar-refractivity contribution is 5.96. The molecule has 0 amide bonds. The molecule has 2 aromatic carbocycles. The zero-order valence-corrected chi connectivity index (χ0v) is 25.6. The molecule has 2 heterocycles. The Morgan fingerprint density at radius 3 is 2.47 bits per heavy atom. The monoisotopic (exact) mass is 592 g/mol. The lowest BCUT2D eigenvalue weighted by atomic mass is 9.45. The molecular formula is C33H42F2N6O2. The predicted molar refractivity (Wildman–Crippen MR) is 167 cm³/mol. The molecule has 3 aromatic rings. The van der Waals surface area contributed by atoms with E-state index in [2.05, 4.69) is 55.1 Å². The van der Waals surface area contributed by atoms with Gasteiger partial charge in [-0.3, -0.25) is 9.36 Å². The van der Waals surface area contributed by atoms with Gasteiger partial charge in [-0.25, -0.2) is 18.6 Å². The maximum absolute atomic E-state index is 14.1. The van der Waals surface area contributed by atoms with E-state index in [9.17, 15) is 18.4 Å². The fourth-order valence-corrected chi connectivity index (χ4v) is 7.76. The highest BCUT2D eigenvalue weighted by atomic mass is 19.1. The summed E-state index contributed by atoms with van der Waals surface area (Å²) >= 11 is 0.